The zero-order valence-corrected chi connectivity index (χ0v) is 18.7. The number of rotatable bonds is 3. The van der Waals surface area contributed by atoms with E-state index in [4.69, 9.17) is 0 Å². The lowest BCUT2D eigenvalue weighted by molar-refractivity contribution is 0.0762. The number of ketones is 1. The lowest BCUT2D eigenvalue weighted by Crippen LogP contribution is -2.35. The Hall–Kier alpha value is -3.24. The van der Waals surface area contributed by atoms with Crippen LogP contribution in [0.5, 0.6) is 0 Å². The van der Waals surface area contributed by atoms with Crippen LogP contribution in [0.1, 0.15) is 49.4 Å². The standard InChI is InChI=1S/C28H28N2O2/c1-19-11-12-21(17-20(19)2)18-29-13-6-14-30(16-15-29)28(32)25-10-5-9-24-26(25)22-7-3-4-8-23(22)27(24)31/h3-5,7-12,17H,6,13-16,18H2,1-2H3. The van der Waals surface area contributed by atoms with Crippen LogP contribution >= 0.6 is 0 Å². The average molecular weight is 425 g/mol. The van der Waals surface area contributed by atoms with E-state index in [9.17, 15) is 9.59 Å². The molecule has 0 atom stereocenters. The van der Waals surface area contributed by atoms with E-state index < -0.39 is 0 Å². The molecule has 1 aliphatic carbocycles. The lowest BCUT2D eigenvalue weighted by atomic mass is 9.98. The number of nitrogens with zero attached hydrogens (tertiary/aromatic N) is 2. The third-order valence-electron chi connectivity index (χ3n) is 6.83. The van der Waals surface area contributed by atoms with Gasteiger partial charge in [-0.3, -0.25) is 14.5 Å². The SMILES string of the molecule is Cc1ccc(CN2CCCN(C(=O)c3cccc4c3-c3ccccc3C4=O)CC2)cc1C. The maximum atomic E-state index is 13.6. The molecule has 162 valence electrons. The Morgan fingerprint density at radius 2 is 1.59 bits per heavy atom. The van der Waals surface area contributed by atoms with E-state index in [-0.39, 0.29) is 11.7 Å². The Morgan fingerprint density at radius 1 is 0.812 bits per heavy atom. The molecule has 1 saturated heterocycles. The first-order chi connectivity index (χ1) is 15.5. The molecule has 3 aromatic carbocycles. The van der Waals surface area contributed by atoms with E-state index in [1.807, 2.05) is 47.4 Å². The van der Waals surface area contributed by atoms with E-state index in [2.05, 4.69) is 36.9 Å². The van der Waals surface area contributed by atoms with Crippen LogP contribution in [0.15, 0.2) is 60.7 Å². The fourth-order valence-corrected chi connectivity index (χ4v) is 4.92. The van der Waals surface area contributed by atoms with Gasteiger partial charge in [-0.1, -0.05) is 54.6 Å². The highest BCUT2D eigenvalue weighted by atomic mass is 16.2. The van der Waals surface area contributed by atoms with Crippen LogP contribution < -0.4 is 0 Å². The van der Waals surface area contributed by atoms with Crippen molar-refractivity contribution in [1.29, 1.82) is 0 Å². The molecule has 4 nitrogen and oxygen atoms in total. The zero-order valence-electron chi connectivity index (χ0n) is 18.7. The first-order valence-electron chi connectivity index (χ1n) is 11.4. The fourth-order valence-electron chi connectivity index (χ4n) is 4.92. The molecule has 0 unspecified atom stereocenters. The summed E-state index contributed by atoms with van der Waals surface area (Å²) in [4.78, 5) is 30.8. The molecule has 0 N–H and O–H groups in total. The van der Waals surface area contributed by atoms with Gasteiger partial charge < -0.3 is 4.90 Å². The van der Waals surface area contributed by atoms with Crippen molar-refractivity contribution in [1.82, 2.24) is 9.80 Å². The molecule has 5 rings (SSSR count). The summed E-state index contributed by atoms with van der Waals surface area (Å²) in [5.41, 5.74) is 7.62. The van der Waals surface area contributed by atoms with E-state index in [1.54, 1.807) is 0 Å². The summed E-state index contributed by atoms with van der Waals surface area (Å²) in [6.45, 7) is 8.47. The summed E-state index contributed by atoms with van der Waals surface area (Å²) in [6, 6.07) is 19.8. The summed E-state index contributed by atoms with van der Waals surface area (Å²) in [6.07, 6.45) is 0.946. The van der Waals surface area contributed by atoms with E-state index in [0.717, 1.165) is 43.7 Å². The van der Waals surface area contributed by atoms with Gasteiger partial charge in [0.15, 0.2) is 5.78 Å². The van der Waals surface area contributed by atoms with Crippen molar-refractivity contribution in [2.24, 2.45) is 0 Å². The second-order valence-electron chi connectivity index (χ2n) is 8.94. The van der Waals surface area contributed by atoms with Crippen molar-refractivity contribution in [3.8, 4) is 11.1 Å². The molecule has 0 aromatic heterocycles. The second kappa shape index (κ2) is 8.36. The van der Waals surface area contributed by atoms with Crippen molar-refractivity contribution in [2.75, 3.05) is 26.2 Å². The summed E-state index contributed by atoms with van der Waals surface area (Å²) in [7, 11) is 0. The van der Waals surface area contributed by atoms with Gasteiger partial charge in [0.2, 0.25) is 0 Å². The molecule has 0 spiro atoms. The van der Waals surface area contributed by atoms with Gasteiger partial charge in [-0.15, -0.1) is 0 Å². The quantitative estimate of drug-likeness (QED) is 0.471. The van der Waals surface area contributed by atoms with Gasteiger partial charge in [-0.2, -0.15) is 0 Å². The highest BCUT2D eigenvalue weighted by molar-refractivity contribution is 6.24. The van der Waals surface area contributed by atoms with Crippen LogP contribution in [-0.4, -0.2) is 47.7 Å². The number of hydrogen-bond acceptors (Lipinski definition) is 3. The molecule has 1 heterocycles. The van der Waals surface area contributed by atoms with E-state index in [0.29, 0.717) is 23.2 Å². The number of carbonyl (C=O) groups is 2. The van der Waals surface area contributed by atoms with Gasteiger partial charge in [0.25, 0.3) is 5.91 Å². The minimum atomic E-state index is 0.0145. The summed E-state index contributed by atoms with van der Waals surface area (Å²) in [5, 5.41) is 0. The van der Waals surface area contributed by atoms with Gasteiger partial charge >= 0.3 is 0 Å². The molecule has 1 aliphatic heterocycles. The molecule has 1 amide bonds. The van der Waals surface area contributed by atoms with Crippen molar-refractivity contribution in [2.45, 2.75) is 26.8 Å². The molecular formula is C28H28N2O2. The van der Waals surface area contributed by atoms with Gasteiger partial charge in [0, 0.05) is 55.0 Å². The first kappa shape index (κ1) is 20.7. The van der Waals surface area contributed by atoms with Crippen molar-refractivity contribution < 1.29 is 9.59 Å². The number of fused-ring (bicyclic) bond motifs is 3. The second-order valence-corrected chi connectivity index (χ2v) is 8.94. The number of hydrogen-bond donors (Lipinski definition) is 0. The largest absolute Gasteiger partial charge is 0.337 e. The third kappa shape index (κ3) is 3.65. The molecule has 0 radical (unpaired) electrons. The Bertz CT molecular complexity index is 1210. The Labute approximate surface area is 189 Å². The van der Waals surface area contributed by atoms with Gasteiger partial charge in [-0.25, -0.2) is 0 Å². The molecule has 3 aromatic rings. The summed E-state index contributed by atoms with van der Waals surface area (Å²) >= 11 is 0. The summed E-state index contributed by atoms with van der Waals surface area (Å²) < 4.78 is 0. The monoisotopic (exact) mass is 424 g/mol. The molecule has 0 saturated carbocycles. The van der Waals surface area contributed by atoms with E-state index in [1.165, 1.54) is 16.7 Å². The predicted octanol–water partition coefficient (Wildman–Crippen LogP) is 4.86. The molecule has 2 aliphatic rings. The Kier molecular flexibility index (Phi) is 5.40. The molecule has 1 fully saturated rings. The first-order valence-corrected chi connectivity index (χ1v) is 11.4. The zero-order chi connectivity index (χ0) is 22.2. The fraction of sp³-hybridized carbons (Fsp3) is 0.286. The van der Waals surface area contributed by atoms with Crippen LogP contribution in [0, 0.1) is 13.8 Å². The minimum Gasteiger partial charge on any atom is -0.337 e. The van der Waals surface area contributed by atoms with Gasteiger partial charge in [0.05, 0.1) is 0 Å². The third-order valence-corrected chi connectivity index (χ3v) is 6.83. The van der Waals surface area contributed by atoms with Crippen LogP contribution in [-0.2, 0) is 6.54 Å². The molecule has 32 heavy (non-hydrogen) atoms. The summed E-state index contributed by atoms with van der Waals surface area (Å²) in [5.74, 6) is 0.0417. The molecular weight excluding hydrogens is 396 g/mol. The van der Waals surface area contributed by atoms with Crippen LogP contribution in [0.3, 0.4) is 0 Å². The van der Waals surface area contributed by atoms with Crippen LogP contribution in [0.4, 0.5) is 0 Å². The lowest BCUT2D eigenvalue weighted by Gasteiger charge is -2.23. The van der Waals surface area contributed by atoms with Crippen molar-refractivity contribution in [3.05, 3.63) is 94.0 Å². The van der Waals surface area contributed by atoms with Gasteiger partial charge in [-0.05, 0) is 48.6 Å². The van der Waals surface area contributed by atoms with Crippen molar-refractivity contribution >= 4 is 11.7 Å². The topological polar surface area (TPSA) is 40.6 Å². The Morgan fingerprint density at radius 3 is 2.41 bits per heavy atom. The van der Waals surface area contributed by atoms with E-state index >= 15 is 0 Å². The van der Waals surface area contributed by atoms with Crippen LogP contribution in [0.25, 0.3) is 11.1 Å². The van der Waals surface area contributed by atoms with Gasteiger partial charge in [0.1, 0.15) is 0 Å². The maximum absolute atomic E-state index is 13.6. The number of carbonyl (C=O) groups excluding carboxylic acids is 2. The maximum Gasteiger partial charge on any atom is 0.254 e. The predicted molar refractivity (Wildman–Crippen MR) is 127 cm³/mol. The average Bonchev–Trinajstić information content (AvgIpc) is 2.94. The van der Waals surface area contributed by atoms with Crippen molar-refractivity contribution in [3.63, 3.8) is 0 Å². The minimum absolute atomic E-state index is 0.0145. The smallest absolute Gasteiger partial charge is 0.254 e. The number of amides is 1. The molecule has 4 heteroatoms. The number of aryl methyl sites for hydroxylation is 2. The normalized spacial score (nSPS) is 15.9. The highest BCUT2D eigenvalue weighted by Crippen LogP contribution is 2.39. The number of benzene rings is 3. The highest BCUT2D eigenvalue weighted by Gasteiger charge is 2.31. The molecule has 0 bridgehead atoms. The Balaban J connectivity index is 1.35. The van der Waals surface area contributed by atoms with Crippen LogP contribution in [0.2, 0.25) is 0 Å².